The molecule has 4 heteroatoms. The van der Waals surface area contributed by atoms with Gasteiger partial charge in [0.15, 0.2) is 0 Å². The molecule has 0 fully saturated rings. The molecule has 0 aliphatic carbocycles. The van der Waals surface area contributed by atoms with E-state index in [1.807, 2.05) is 20.8 Å². The zero-order valence-corrected chi connectivity index (χ0v) is 12.9. The monoisotopic (exact) mass is 271 g/mol. The van der Waals surface area contributed by atoms with Gasteiger partial charge in [-0.2, -0.15) is 0 Å². The van der Waals surface area contributed by atoms with Gasteiger partial charge in [0.2, 0.25) is 5.91 Å². The Morgan fingerprint density at radius 3 is 2.00 bits per heavy atom. The van der Waals surface area contributed by atoms with Gasteiger partial charge in [0, 0.05) is 18.9 Å². The number of carbonyl (C=O) groups excluding carboxylic acids is 1. The van der Waals surface area contributed by atoms with Crippen molar-refractivity contribution in [2.45, 2.75) is 53.9 Å². The van der Waals surface area contributed by atoms with Gasteiger partial charge in [0.25, 0.3) is 0 Å². The second-order valence-electron chi connectivity index (χ2n) is 6.05. The fourth-order valence-corrected chi connectivity index (χ4v) is 1.96. The molecule has 0 rings (SSSR count). The van der Waals surface area contributed by atoms with Gasteiger partial charge >= 0.3 is 5.97 Å². The minimum Gasteiger partial charge on any atom is -0.481 e. The Morgan fingerprint density at radius 1 is 1.00 bits per heavy atom. The van der Waals surface area contributed by atoms with Gasteiger partial charge in [-0.25, -0.2) is 0 Å². The summed E-state index contributed by atoms with van der Waals surface area (Å²) in [6.45, 7) is 10.8. The van der Waals surface area contributed by atoms with E-state index in [2.05, 4.69) is 19.2 Å². The quantitative estimate of drug-likeness (QED) is 0.677. The van der Waals surface area contributed by atoms with Gasteiger partial charge < -0.3 is 10.4 Å². The molecule has 0 radical (unpaired) electrons. The van der Waals surface area contributed by atoms with Crippen molar-refractivity contribution in [3.8, 4) is 0 Å². The smallest absolute Gasteiger partial charge is 0.303 e. The molecule has 0 bridgehead atoms. The Morgan fingerprint density at radius 2 is 1.58 bits per heavy atom. The third-order valence-corrected chi connectivity index (χ3v) is 3.90. The summed E-state index contributed by atoms with van der Waals surface area (Å²) < 4.78 is 0. The van der Waals surface area contributed by atoms with Crippen LogP contribution in [0.3, 0.4) is 0 Å². The Hall–Kier alpha value is -1.06. The molecule has 0 aliphatic heterocycles. The number of rotatable bonds is 9. The second-order valence-corrected chi connectivity index (χ2v) is 6.05. The average Bonchev–Trinajstić information content (AvgIpc) is 2.31. The normalized spacial score (nSPS) is 14.5. The van der Waals surface area contributed by atoms with Crippen LogP contribution in [0.4, 0.5) is 0 Å². The molecule has 0 saturated heterocycles. The van der Waals surface area contributed by atoms with Crippen molar-refractivity contribution in [2.24, 2.45) is 23.7 Å². The maximum atomic E-state index is 11.8. The van der Waals surface area contributed by atoms with E-state index in [-0.39, 0.29) is 18.2 Å². The number of aliphatic carboxylic acids is 1. The van der Waals surface area contributed by atoms with Crippen molar-refractivity contribution < 1.29 is 14.7 Å². The number of carbonyl (C=O) groups is 2. The molecule has 0 spiro atoms. The van der Waals surface area contributed by atoms with Gasteiger partial charge in [-0.3, -0.25) is 9.59 Å². The van der Waals surface area contributed by atoms with Gasteiger partial charge in [-0.1, -0.05) is 34.6 Å². The van der Waals surface area contributed by atoms with Gasteiger partial charge in [-0.15, -0.1) is 0 Å². The summed E-state index contributed by atoms with van der Waals surface area (Å²) in [6.07, 6.45) is 1.74. The zero-order valence-electron chi connectivity index (χ0n) is 12.9. The molecule has 0 aliphatic rings. The van der Waals surface area contributed by atoms with Crippen LogP contribution < -0.4 is 5.32 Å². The van der Waals surface area contributed by atoms with Crippen LogP contribution in [-0.2, 0) is 9.59 Å². The molecule has 112 valence electrons. The third kappa shape index (κ3) is 7.85. The number of nitrogens with one attached hydrogen (secondary N) is 1. The summed E-state index contributed by atoms with van der Waals surface area (Å²) >= 11 is 0. The molecule has 0 aromatic carbocycles. The SMILES string of the molecule is CC(C)C(CCNC(=O)C(C)C(C)C)CCC(=O)O. The van der Waals surface area contributed by atoms with Crippen LogP contribution in [0.25, 0.3) is 0 Å². The minimum atomic E-state index is -0.747. The topological polar surface area (TPSA) is 66.4 Å². The molecule has 0 heterocycles. The maximum absolute atomic E-state index is 11.8. The van der Waals surface area contributed by atoms with Crippen LogP contribution in [0.5, 0.6) is 0 Å². The van der Waals surface area contributed by atoms with E-state index in [4.69, 9.17) is 5.11 Å². The summed E-state index contributed by atoms with van der Waals surface area (Å²) in [5.74, 6) is 0.507. The molecule has 0 aromatic rings. The highest BCUT2D eigenvalue weighted by molar-refractivity contribution is 5.78. The molecule has 4 nitrogen and oxygen atoms in total. The summed E-state index contributed by atoms with van der Waals surface area (Å²) in [7, 11) is 0. The first-order chi connectivity index (χ1) is 8.75. The van der Waals surface area contributed by atoms with E-state index in [1.165, 1.54) is 0 Å². The molecule has 2 atom stereocenters. The largest absolute Gasteiger partial charge is 0.481 e. The molecular weight excluding hydrogens is 242 g/mol. The number of amides is 1. The third-order valence-electron chi connectivity index (χ3n) is 3.90. The number of hydrogen-bond donors (Lipinski definition) is 2. The van der Waals surface area contributed by atoms with E-state index >= 15 is 0 Å². The van der Waals surface area contributed by atoms with E-state index in [0.29, 0.717) is 30.7 Å². The fourth-order valence-electron chi connectivity index (χ4n) is 1.96. The lowest BCUT2D eigenvalue weighted by Crippen LogP contribution is -2.33. The van der Waals surface area contributed by atoms with Crippen molar-refractivity contribution in [1.82, 2.24) is 5.32 Å². The van der Waals surface area contributed by atoms with Crippen LogP contribution >= 0.6 is 0 Å². The van der Waals surface area contributed by atoms with E-state index in [0.717, 1.165) is 6.42 Å². The molecule has 2 unspecified atom stereocenters. The minimum absolute atomic E-state index is 0.0246. The first kappa shape index (κ1) is 17.9. The van der Waals surface area contributed by atoms with E-state index in [1.54, 1.807) is 0 Å². The van der Waals surface area contributed by atoms with Crippen LogP contribution in [0.2, 0.25) is 0 Å². The number of hydrogen-bond acceptors (Lipinski definition) is 2. The number of carboxylic acid groups (broad SMARTS) is 1. The highest BCUT2D eigenvalue weighted by Crippen LogP contribution is 2.20. The van der Waals surface area contributed by atoms with Gasteiger partial charge in [0.1, 0.15) is 0 Å². The molecule has 2 N–H and O–H groups in total. The Balaban J connectivity index is 4.06. The van der Waals surface area contributed by atoms with Crippen molar-refractivity contribution in [3.63, 3.8) is 0 Å². The van der Waals surface area contributed by atoms with Gasteiger partial charge in [-0.05, 0) is 30.6 Å². The lowest BCUT2D eigenvalue weighted by molar-refractivity contribution is -0.137. The lowest BCUT2D eigenvalue weighted by atomic mass is 9.88. The van der Waals surface area contributed by atoms with Crippen molar-refractivity contribution in [1.29, 1.82) is 0 Å². The maximum Gasteiger partial charge on any atom is 0.303 e. The van der Waals surface area contributed by atoms with Crippen LogP contribution in [-0.4, -0.2) is 23.5 Å². The standard InChI is InChI=1S/C15H29NO3/c1-10(2)12(5)15(19)16-9-8-13(11(3)4)6-7-14(17)18/h10-13H,6-9H2,1-5H3,(H,16,19)(H,17,18). The summed E-state index contributed by atoms with van der Waals surface area (Å²) in [6, 6.07) is 0. The highest BCUT2D eigenvalue weighted by atomic mass is 16.4. The van der Waals surface area contributed by atoms with E-state index in [9.17, 15) is 9.59 Å². The Kier molecular flexibility index (Phi) is 8.44. The molecule has 19 heavy (non-hydrogen) atoms. The predicted octanol–water partition coefficient (Wildman–Crippen LogP) is 2.92. The zero-order chi connectivity index (χ0) is 15.0. The van der Waals surface area contributed by atoms with Crippen LogP contribution in [0.15, 0.2) is 0 Å². The summed E-state index contributed by atoms with van der Waals surface area (Å²) in [5, 5.41) is 11.7. The highest BCUT2D eigenvalue weighted by Gasteiger charge is 2.18. The van der Waals surface area contributed by atoms with Gasteiger partial charge in [0.05, 0.1) is 0 Å². The summed E-state index contributed by atoms with van der Waals surface area (Å²) in [5.41, 5.74) is 0. The summed E-state index contributed by atoms with van der Waals surface area (Å²) in [4.78, 5) is 22.4. The van der Waals surface area contributed by atoms with Crippen molar-refractivity contribution in [3.05, 3.63) is 0 Å². The first-order valence-electron chi connectivity index (χ1n) is 7.25. The Bertz CT molecular complexity index is 287. The molecular formula is C15H29NO3. The van der Waals surface area contributed by atoms with Crippen LogP contribution in [0.1, 0.15) is 53.9 Å². The predicted molar refractivity (Wildman–Crippen MR) is 76.8 cm³/mol. The van der Waals surface area contributed by atoms with E-state index < -0.39 is 5.97 Å². The fraction of sp³-hybridized carbons (Fsp3) is 0.867. The van der Waals surface area contributed by atoms with Crippen molar-refractivity contribution in [2.75, 3.05) is 6.54 Å². The molecule has 0 saturated carbocycles. The second kappa shape index (κ2) is 8.94. The Labute approximate surface area is 117 Å². The molecule has 0 aromatic heterocycles. The number of carboxylic acids is 1. The first-order valence-corrected chi connectivity index (χ1v) is 7.25. The van der Waals surface area contributed by atoms with Crippen molar-refractivity contribution >= 4 is 11.9 Å². The lowest BCUT2D eigenvalue weighted by Gasteiger charge is -2.21. The van der Waals surface area contributed by atoms with Crippen LogP contribution in [0, 0.1) is 23.7 Å². The average molecular weight is 271 g/mol. The molecule has 1 amide bonds.